The van der Waals surface area contributed by atoms with Crippen molar-refractivity contribution in [1.29, 1.82) is 0 Å². The molecular weight excluding hydrogens is 250 g/mol. The molecule has 0 bridgehead atoms. The van der Waals surface area contributed by atoms with Gasteiger partial charge in [0.25, 0.3) is 0 Å². The quantitative estimate of drug-likeness (QED) is 0.705. The summed E-state index contributed by atoms with van der Waals surface area (Å²) in [7, 11) is 0. The van der Waals surface area contributed by atoms with E-state index in [0.29, 0.717) is 37.6 Å². The van der Waals surface area contributed by atoms with E-state index in [4.69, 9.17) is 14.9 Å². The summed E-state index contributed by atoms with van der Waals surface area (Å²) < 4.78 is 10.8. The second kappa shape index (κ2) is 5.14. The Hall–Kier alpha value is -1.67. The highest BCUT2D eigenvalue weighted by Crippen LogP contribution is 2.21. The summed E-state index contributed by atoms with van der Waals surface area (Å²) >= 11 is 0. The molecule has 1 amide bonds. The van der Waals surface area contributed by atoms with Gasteiger partial charge >= 0.3 is 6.01 Å². The van der Waals surface area contributed by atoms with Crippen LogP contribution in [0.5, 0.6) is 0 Å². The highest BCUT2D eigenvalue weighted by Gasteiger charge is 2.31. The summed E-state index contributed by atoms with van der Waals surface area (Å²) in [6.07, 6.45) is 2.41. The van der Waals surface area contributed by atoms with Crippen molar-refractivity contribution in [3.63, 3.8) is 0 Å². The predicted octanol–water partition coefficient (Wildman–Crippen LogP) is -0.988. The van der Waals surface area contributed by atoms with Crippen molar-refractivity contribution in [1.82, 2.24) is 15.5 Å². The van der Waals surface area contributed by atoms with Crippen molar-refractivity contribution in [3.05, 3.63) is 5.89 Å². The lowest BCUT2D eigenvalue weighted by Crippen LogP contribution is -2.52. The number of aromatic nitrogens is 2. The van der Waals surface area contributed by atoms with Crippen LogP contribution in [0.15, 0.2) is 4.42 Å². The number of anilines is 1. The summed E-state index contributed by atoms with van der Waals surface area (Å²) in [5, 5.41) is 11.2. The van der Waals surface area contributed by atoms with Crippen molar-refractivity contribution >= 4 is 11.9 Å². The van der Waals surface area contributed by atoms with Crippen LogP contribution in [0, 0.1) is 0 Å². The molecule has 0 radical (unpaired) electrons. The maximum Gasteiger partial charge on any atom is 0.319 e. The highest BCUT2D eigenvalue weighted by atomic mass is 16.5. The average Bonchev–Trinajstić information content (AvgIpc) is 3.13. The van der Waals surface area contributed by atoms with Gasteiger partial charge in [-0.3, -0.25) is 4.79 Å². The molecule has 8 heteroatoms. The van der Waals surface area contributed by atoms with Gasteiger partial charge in [-0.2, -0.15) is 0 Å². The van der Waals surface area contributed by atoms with Gasteiger partial charge in [0, 0.05) is 12.6 Å². The number of amides is 1. The summed E-state index contributed by atoms with van der Waals surface area (Å²) in [5.41, 5.74) is 5.35. The average molecular weight is 267 g/mol. The van der Waals surface area contributed by atoms with E-state index in [0.717, 1.165) is 0 Å². The molecule has 0 spiro atoms. The number of nitrogens with one attached hydrogen (secondary N) is 1. The Labute approximate surface area is 110 Å². The fraction of sp³-hybridized carbons (Fsp3) is 0.727. The summed E-state index contributed by atoms with van der Waals surface area (Å²) in [4.78, 5) is 13.1. The molecule has 2 fully saturated rings. The minimum absolute atomic E-state index is 0.257. The number of hydrogen-bond acceptors (Lipinski definition) is 7. The molecule has 3 rings (SSSR count). The number of carbonyl (C=O) groups excluding carboxylic acids is 1. The van der Waals surface area contributed by atoms with Crippen LogP contribution < -0.4 is 16.0 Å². The zero-order valence-electron chi connectivity index (χ0n) is 10.5. The third-order valence-corrected chi connectivity index (χ3v) is 3.28. The number of ether oxygens (including phenoxy) is 1. The highest BCUT2D eigenvalue weighted by molar-refractivity contribution is 5.83. The fourth-order valence-electron chi connectivity index (χ4n) is 2.02. The van der Waals surface area contributed by atoms with Crippen LogP contribution in [0.3, 0.4) is 0 Å². The first kappa shape index (κ1) is 12.4. The van der Waals surface area contributed by atoms with Crippen LogP contribution in [0.1, 0.15) is 18.7 Å². The molecule has 1 atom stereocenters. The molecule has 1 aliphatic heterocycles. The van der Waals surface area contributed by atoms with Crippen molar-refractivity contribution in [2.24, 2.45) is 5.73 Å². The molecule has 0 aromatic carbocycles. The van der Waals surface area contributed by atoms with E-state index in [2.05, 4.69) is 15.5 Å². The van der Waals surface area contributed by atoms with Crippen LogP contribution >= 0.6 is 0 Å². The molecule has 8 nitrogen and oxygen atoms in total. The lowest BCUT2D eigenvalue weighted by molar-refractivity contribution is -0.121. The van der Waals surface area contributed by atoms with Crippen molar-refractivity contribution in [2.45, 2.75) is 31.5 Å². The molecular formula is C11H17N5O3. The first-order valence-electron chi connectivity index (χ1n) is 6.43. The maximum absolute atomic E-state index is 11.4. The number of morpholine rings is 1. The molecule has 1 aromatic heterocycles. The van der Waals surface area contributed by atoms with Crippen LogP contribution in [0.4, 0.5) is 6.01 Å². The molecule has 104 valence electrons. The van der Waals surface area contributed by atoms with E-state index < -0.39 is 11.9 Å². The topological polar surface area (TPSA) is 107 Å². The molecule has 2 aliphatic rings. The Morgan fingerprint density at radius 3 is 3.05 bits per heavy atom. The van der Waals surface area contributed by atoms with Crippen LogP contribution in [-0.4, -0.2) is 47.9 Å². The first-order valence-corrected chi connectivity index (χ1v) is 6.43. The van der Waals surface area contributed by atoms with E-state index in [1.165, 1.54) is 12.8 Å². The van der Waals surface area contributed by atoms with E-state index >= 15 is 0 Å². The van der Waals surface area contributed by atoms with E-state index in [9.17, 15) is 4.79 Å². The Bertz CT molecular complexity index is 459. The lowest BCUT2D eigenvalue weighted by atomic mass is 10.2. The minimum atomic E-state index is -0.543. The van der Waals surface area contributed by atoms with Crippen LogP contribution in [0.25, 0.3) is 0 Å². The number of nitrogens with zero attached hydrogens (tertiary/aromatic N) is 3. The standard InChI is InChI=1S/C11H17N5O3/c12-10(17)8-6-18-4-3-16(8)11-15-14-9(19-11)5-13-7-1-2-7/h7-8,13H,1-6H2,(H2,12,17). The van der Waals surface area contributed by atoms with Gasteiger partial charge in [-0.15, -0.1) is 5.10 Å². The molecule has 2 heterocycles. The smallest absolute Gasteiger partial charge is 0.319 e. The number of primary amides is 1. The van der Waals surface area contributed by atoms with E-state index in [1.807, 2.05) is 0 Å². The van der Waals surface area contributed by atoms with Gasteiger partial charge in [-0.25, -0.2) is 0 Å². The molecule has 1 saturated heterocycles. The summed E-state index contributed by atoms with van der Waals surface area (Å²) in [5.74, 6) is 0.0761. The van der Waals surface area contributed by atoms with Gasteiger partial charge in [0.1, 0.15) is 6.04 Å². The second-order valence-electron chi connectivity index (χ2n) is 4.82. The Kier molecular flexibility index (Phi) is 3.34. The number of carbonyl (C=O) groups is 1. The van der Waals surface area contributed by atoms with Crippen molar-refractivity contribution in [2.75, 3.05) is 24.7 Å². The van der Waals surface area contributed by atoms with Gasteiger partial charge in [0.15, 0.2) is 0 Å². The third-order valence-electron chi connectivity index (χ3n) is 3.28. The molecule has 1 aliphatic carbocycles. The largest absolute Gasteiger partial charge is 0.407 e. The Morgan fingerprint density at radius 2 is 2.32 bits per heavy atom. The van der Waals surface area contributed by atoms with Gasteiger partial charge < -0.3 is 25.1 Å². The molecule has 19 heavy (non-hydrogen) atoms. The number of rotatable bonds is 5. The van der Waals surface area contributed by atoms with Crippen LogP contribution in [0.2, 0.25) is 0 Å². The fourth-order valence-corrected chi connectivity index (χ4v) is 2.02. The minimum Gasteiger partial charge on any atom is -0.407 e. The Morgan fingerprint density at radius 1 is 1.47 bits per heavy atom. The molecule has 1 unspecified atom stereocenters. The number of hydrogen-bond donors (Lipinski definition) is 2. The third kappa shape index (κ3) is 2.85. The Balaban J connectivity index is 1.67. The van der Waals surface area contributed by atoms with E-state index in [1.54, 1.807) is 4.90 Å². The van der Waals surface area contributed by atoms with E-state index in [-0.39, 0.29) is 6.61 Å². The zero-order chi connectivity index (χ0) is 13.2. The predicted molar refractivity (Wildman–Crippen MR) is 65.3 cm³/mol. The maximum atomic E-state index is 11.4. The van der Waals surface area contributed by atoms with Gasteiger partial charge in [-0.05, 0) is 12.8 Å². The summed E-state index contributed by atoms with van der Waals surface area (Å²) in [6, 6.07) is 0.371. The SMILES string of the molecule is NC(=O)C1COCCN1c1nnc(CNC2CC2)o1. The normalized spacial score (nSPS) is 23.6. The van der Waals surface area contributed by atoms with Crippen molar-refractivity contribution in [3.8, 4) is 0 Å². The van der Waals surface area contributed by atoms with Gasteiger partial charge in [-0.1, -0.05) is 5.10 Å². The monoisotopic (exact) mass is 267 g/mol. The lowest BCUT2D eigenvalue weighted by Gasteiger charge is -2.31. The summed E-state index contributed by atoms with van der Waals surface area (Å²) in [6.45, 7) is 1.85. The van der Waals surface area contributed by atoms with Gasteiger partial charge in [0.2, 0.25) is 11.8 Å². The van der Waals surface area contributed by atoms with Crippen LogP contribution in [-0.2, 0) is 16.1 Å². The number of nitrogens with two attached hydrogens (primary N) is 1. The second-order valence-corrected chi connectivity index (χ2v) is 4.82. The van der Waals surface area contributed by atoms with Gasteiger partial charge in [0.05, 0.1) is 19.8 Å². The first-order chi connectivity index (χ1) is 9.24. The molecule has 1 saturated carbocycles. The molecule has 1 aromatic rings. The van der Waals surface area contributed by atoms with Crippen molar-refractivity contribution < 1.29 is 13.9 Å². The zero-order valence-corrected chi connectivity index (χ0v) is 10.5. The molecule has 3 N–H and O–H groups in total.